The van der Waals surface area contributed by atoms with E-state index in [-0.39, 0.29) is 6.04 Å². The van der Waals surface area contributed by atoms with Crippen molar-refractivity contribution in [2.24, 2.45) is 0 Å². The predicted octanol–water partition coefficient (Wildman–Crippen LogP) is 3.03. The first-order chi connectivity index (χ1) is 14.3. The van der Waals surface area contributed by atoms with Crippen LogP contribution < -0.4 is 0 Å². The van der Waals surface area contributed by atoms with Crippen LogP contribution in [0.15, 0.2) is 66.9 Å². The summed E-state index contributed by atoms with van der Waals surface area (Å²) in [5, 5.41) is 17.4. The summed E-state index contributed by atoms with van der Waals surface area (Å²) >= 11 is 0. The standard InChI is InChI=1S/C22H23N7/c1-2-20-19(16-29(24-20)18-11-7-4-8-12-18)21-22-23-25-26-28(22)14-13-27(21)15-17-9-5-3-6-10-17/h3-12,16,21H,2,13-15H2,1H3. The van der Waals surface area contributed by atoms with Crippen LogP contribution in [-0.2, 0) is 19.5 Å². The number of hydrogen-bond donors (Lipinski definition) is 0. The van der Waals surface area contributed by atoms with Gasteiger partial charge in [0.2, 0.25) is 0 Å². The highest BCUT2D eigenvalue weighted by Crippen LogP contribution is 2.33. The molecule has 0 radical (unpaired) electrons. The lowest BCUT2D eigenvalue weighted by Gasteiger charge is -2.34. The van der Waals surface area contributed by atoms with Crippen molar-refractivity contribution in [1.82, 2.24) is 34.9 Å². The summed E-state index contributed by atoms with van der Waals surface area (Å²) in [5.74, 6) is 0.884. The van der Waals surface area contributed by atoms with E-state index in [1.807, 2.05) is 27.6 Å². The van der Waals surface area contributed by atoms with Gasteiger partial charge < -0.3 is 0 Å². The third-order valence-corrected chi connectivity index (χ3v) is 5.47. The maximum Gasteiger partial charge on any atom is 0.173 e. The minimum atomic E-state index is -0.0219. The molecule has 0 fully saturated rings. The Balaban J connectivity index is 1.58. The predicted molar refractivity (Wildman–Crippen MR) is 109 cm³/mol. The first-order valence-corrected chi connectivity index (χ1v) is 10.0. The zero-order valence-corrected chi connectivity index (χ0v) is 16.4. The summed E-state index contributed by atoms with van der Waals surface area (Å²) in [6.45, 7) is 4.67. The van der Waals surface area contributed by atoms with Gasteiger partial charge in [-0.1, -0.05) is 55.5 Å². The SMILES string of the molecule is CCc1nn(-c2ccccc2)cc1C1c2nnnn2CCN1Cc1ccccc1. The molecule has 7 heteroatoms. The molecule has 0 amide bonds. The van der Waals surface area contributed by atoms with Gasteiger partial charge in [-0.05, 0) is 34.5 Å². The number of aryl methyl sites for hydroxylation is 1. The zero-order valence-electron chi connectivity index (χ0n) is 16.4. The van der Waals surface area contributed by atoms with E-state index in [9.17, 15) is 0 Å². The van der Waals surface area contributed by atoms with E-state index in [4.69, 9.17) is 5.10 Å². The number of fused-ring (bicyclic) bond motifs is 1. The fourth-order valence-electron chi connectivity index (χ4n) is 4.05. The maximum absolute atomic E-state index is 4.89. The largest absolute Gasteiger partial charge is 0.283 e. The minimum absolute atomic E-state index is 0.0219. The molecule has 1 aliphatic rings. The van der Waals surface area contributed by atoms with Gasteiger partial charge in [-0.3, -0.25) is 4.90 Å². The van der Waals surface area contributed by atoms with Crippen LogP contribution in [0.3, 0.4) is 0 Å². The lowest BCUT2D eigenvalue weighted by molar-refractivity contribution is 0.163. The average molecular weight is 385 g/mol. The van der Waals surface area contributed by atoms with Gasteiger partial charge in [-0.15, -0.1) is 5.10 Å². The molecule has 0 saturated carbocycles. The van der Waals surface area contributed by atoms with Gasteiger partial charge >= 0.3 is 0 Å². The number of para-hydroxylation sites is 1. The summed E-state index contributed by atoms with van der Waals surface area (Å²) in [4.78, 5) is 2.45. The zero-order chi connectivity index (χ0) is 19.6. The molecule has 7 nitrogen and oxygen atoms in total. The molecule has 0 bridgehead atoms. The number of tetrazole rings is 1. The van der Waals surface area contributed by atoms with Crippen molar-refractivity contribution in [2.45, 2.75) is 32.5 Å². The van der Waals surface area contributed by atoms with Crippen molar-refractivity contribution in [3.8, 4) is 5.69 Å². The molecule has 29 heavy (non-hydrogen) atoms. The fourth-order valence-corrected chi connectivity index (χ4v) is 4.05. The minimum Gasteiger partial charge on any atom is -0.283 e. The number of nitrogens with zero attached hydrogens (tertiary/aromatic N) is 7. The van der Waals surface area contributed by atoms with Gasteiger partial charge in [-0.2, -0.15) is 5.10 Å². The normalized spacial score (nSPS) is 16.7. The van der Waals surface area contributed by atoms with Gasteiger partial charge in [0.1, 0.15) is 6.04 Å². The van der Waals surface area contributed by atoms with Gasteiger partial charge in [0.15, 0.2) is 5.82 Å². The molecule has 5 rings (SSSR count). The first kappa shape index (κ1) is 17.8. The number of hydrogen-bond acceptors (Lipinski definition) is 5. The van der Waals surface area contributed by atoms with Crippen molar-refractivity contribution >= 4 is 0 Å². The lowest BCUT2D eigenvalue weighted by Crippen LogP contribution is -2.39. The summed E-state index contributed by atoms with van der Waals surface area (Å²) in [5.41, 5.74) is 4.58. The van der Waals surface area contributed by atoms with Crippen LogP contribution in [0.4, 0.5) is 0 Å². The molecule has 2 aromatic carbocycles. The van der Waals surface area contributed by atoms with Crippen LogP contribution >= 0.6 is 0 Å². The van der Waals surface area contributed by atoms with E-state index in [2.05, 4.69) is 76.0 Å². The molecule has 0 aliphatic carbocycles. The first-order valence-electron chi connectivity index (χ1n) is 10.0. The van der Waals surface area contributed by atoms with Crippen LogP contribution in [0.1, 0.15) is 35.6 Å². The van der Waals surface area contributed by atoms with Crippen molar-refractivity contribution in [1.29, 1.82) is 0 Å². The Morgan fingerprint density at radius 2 is 1.72 bits per heavy atom. The third-order valence-electron chi connectivity index (χ3n) is 5.47. The molecule has 0 spiro atoms. The highest BCUT2D eigenvalue weighted by Gasteiger charge is 2.34. The van der Waals surface area contributed by atoms with E-state index in [0.29, 0.717) is 0 Å². The van der Waals surface area contributed by atoms with E-state index in [1.54, 1.807) is 0 Å². The van der Waals surface area contributed by atoms with Gasteiger partial charge in [0.25, 0.3) is 0 Å². The second kappa shape index (κ2) is 7.60. The van der Waals surface area contributed by atoms with Crippen LogP contribution in [0, 0.1) is 0 Å². The molecule has 4 aromatic rings. The Morgan fingerprint density at radius 3 is 2.48 bits per heavy atom. The molecule has 1 unspecified atom stereocenters. The molecule has 1 atom stereocenters. The molecule has 146 valence electrons. The van der Waals surface area contributed by atoms with Crippen molar-refractivity contribution in [2.75, 3.05) is 6.54 Å². The van der Waals surface area contributed by atoms with Crippen LogP contribution in [0.5, 0.6) is 0 Å². The number of benzene rings is 2. The molecule has 3 heterocycles. The molecular weight excluding hydrogens is 362 g/mol. The van der Waals surface area contributed by atoms with Crippen LogP contribution in [-0.4, -0.2) is 41.4 Å². The van der Waals surface area contributed by atoms with E-state index < -0.39 is 0 Å². The van der Waals surface area contributed by atoms with Crippen LogP contribution in [0.2, 0.25) is 0 Å². The summed E-state index contributed by atoms with van der Waals surface area (Å²) in [6, 6.07) is 20.8. The Labute approximate surface area is 169 Å². The van der Waals surface area contributed by atoms with Gasteiger partial charge in [-0.25, -0.2) is 9.36 Å². The Hall–Kier alpha value is -3.32. The molecule has 1 aliphatic heterocycles. The van der Waals surface area contributed by atoms with Crippen LogP contribution in [0.25, 0.3) is 5.69 Å². The van der Waals surface area contributed by atoms with Gasteiger partial charge in [0.05, 0.1) is 17.9 Å². The van der Waals surface area contributed by atoms with Crippen molar-refractivity contribution < 1.29 is 0 Å². The Kier molecular flexibility index (Phi) is 4.65. The van der Waals surface area contributed by atoms with Crippen molar-refractivity contribution in [3.63, 3.8) is 0 Å². The number of rotatable bonds is 5. The monoisotopic (exact) mass is 385 g/mol. The average Bonchev–Trinajstić information content (AvgIpc) is 3.42. The molecular formula is C22H23N7. The molecule has 0 saturated heterocycles. The third kappa shape index (κ3) is 3.34. The molecule has 2 aromatic heterocycles. The maximum atomic E-state index is 4.89. The van der Waals surface area contributed by atoms with E-state index in [1.165, 1.54) is 11.1 Å². The second-order valence-electron chi connectivity index (χ2n) is 7.28. The van der Waals surface area contributed by atoms with E-state index >= 15 is 0 Å². The van der Waals surface area contributed by atoms with Gasteiger partial charge in [0, 0.05) is 24.8 Å². The van der Waals surface area contributed by atoms with Crippen molar-refractivity contribution in [3.05, 3.63) is 89.5 Å². The Morgan fingerprint density at radius 1 is 0.966 bits per heavy atom. The summed E-state index contributed by atoms with van der Waals surface area (Å²) < 4.78 is 3.89. The molecule has 0 N–H and O–H groups in total. The summed E-state index contributed by atoms with van der Waals surface area (Å²) in [6.07, 6.45) is 2.99. The highest BCUT2D eigenvalue weighted by molar-refractivity contribution is 5.36. The smallest absolute Gasteiger partial charge is 0.173 e. The quantitative estimate of drug-likeness (QED) is 0.528. The topological polar surface area (TPSA) is 64.7 Å². The number of aromatic nitrogens is 6. The Bertz CT molecular complexity index is 1080. The summed E-state index contributed by atoms with van der Waals surface area (Å²) in [7, 11) is 0. The highest BCUT2D eigenvalue weighted by atomic mass is 15.6. The fraction of sp³-hybridized carbons (Fsp3) is 0.273. The second-order valence-corrected chi connectivity index (χ2v) is 7.28. The lowest BCUT2D eigenvalue weighted by atomic mass is 10.0. The van der Waals surface area contributed by atoms with E-state index in [0.717, 1.165) is 43.3 Å².